The largest absolute Gasteiger partial charge is 0.465 e. The highest BCUT2D eigenvalue weighted by atomic mass is 79.9. The number of halogens is 1. The van der Waals surface area contributed by atoms with Crippen molar-refractivity contribution in [3.63, 3.8) is 0 Å². The molecule has 1 aliphatic rings. The number of hydrogen-bond donors (Lipinski definition) is 0. The highest BCUT2D eigenvalue weighted by Gasteiger charge is 2.08. The predicted octanol–water partition coefficient (Wildman–Crippen LogP) is 3.27. The second-order valence-corrected chi connectivity index (χ2v) is 3.34. The van der Waals surface area contributed by atoms with Crippen molar-refractivity contribution in [2.45, 2.75) is 0 Å². The second-order valence-electron chi connectivity index (χ2n) is 2.49. The van der Waals surface area contributed by atoms with Crippen molar-refractivity contribution in [3.05, 3.63) is 53.1 Å². The first-order valence-corrected chi connectivity index (χ1v) is 4.59. The number of benzene rings is 1. The Morgan fingerprint density at radius 3 is 2.62 bits per heavy atom. The highest BCUT2D eigenvalue weighted by Crippen LogP contribution is 2.26. The van der Waals surface area contributed by atoms with Crippen LogP contribution < -0.4 is 0 Å². The lowest BCUT2D eigenvalue weighted by Crippen LogP contribution is -1.92. The van der Waals surface area contributed by atoms with Crippen LogP contribution in [0.3, 0.4) is 0 Å². The summed E-state index contributed by atoms with van der Waals surface area (Å²) in [6.45, 7) is 0. The van der Waals surface area contributed by atoms with Crippen LogP contribution in [0.25, 0.3) is 5.76 Å². The number of ether oxygens (including phenoxy) is 2. The lowest BCUT2D eigenvalue weighted by molar-refractivity contribution is 0.312. The summed E-state index contributed by atoms with van der Waals surface area (Å²) in [4.78, 5) is 0. The zero-order valence-electron chi connectivity index (χ0n) is 6.74. The molecule has 0 aromatic heterocycles. The maximum Gasteiger partial charge on any atom is 0.170 e. The van der Waals surface area contributed by atoms with Gasteiger partial charge in [0.25, 0.3) is 0 Å². The summed E-state index contributed by atoms with van der Waals surface area (Å²) in [6, 6.07) is 7.81. The molecular formula is C10H7BrO2. The van der Waals surface area contributed by atoms with Crippen molar-refractivity contribution in [3.8, 4) is 0 Å². The van der Waals surface area contributed by atoms with E-state index >= 15 is 0 Å². The first kappa shape index (κ1) is 8.38. The average Bonchev–Trinajstić information content (AvgIpc) is 2.20. The molecule has 0 fully saturated rings. The fraction of sp³-hybridized carbons (Fsp3) is 0. The molecule has 3 heteroatoms. The molecule has 0 aliphatic carbocycles. The molecule has 2 rings (SSSR count). The molecule has 0 bridgehead atoms. The fourth-order valence-corrected chi connectivity index (χ4v) is 1.53. The van der Waals surface area contributed by atoms with Gasteiger partial charge in [0.1, 0.15) is 18.8 Å². The van der Waals surface area contributed by atoms with E-state index in [0.717, 1.165) is 10.0 Å². The van der Waals surface area contributed by atoms with E-state index in [9.17, 15) is 0 Å². The molecule has 0 amide bonds. The topological polar surface area (TPSA) is 18.5 Å². The quantitative estimate of drug-likeness (QED) is 0.748. The van der Waals surface area contributed by atoms with Gasteiger partial charge in [0.05, 0.1) is 0 Å². The van der Waals surface area contributed by atoms with Crippen molar-refractivity contribution in [1.82, 2.24) is 0 Å². The van der Waals surface area contributed by atoms with Crippen LogP contribution in [0.2, 0.25) is 0 Å². The summed E-state index contributed by atoms with van der Waals surface area (Å²) in [5.41, 5.74) is 0.979. The Morgan fingerprint density at radius 2 is 1.92 bits per heavy atom. The molecule has 0 radical (unpaired) electrons. The molecule has 0 unspecified atom stereocenters. The van der Waals surface area contributed by atoms with Crippen LogP contribution in [0, 0.1) is 0 Å². The van der Waals surface area contributed by atoms with E-state index < -0.39 is 0 Å². The van der Waals surface area contributed by atoms with Crippen molar-refractivity contribution in [1.29, 1.82) is 0 Å². The van der Waals surface area contributed by atoms with E-state index in [-0.39, 0.29) is 0 Å². The fourth-order valence-electron chi connectivity index (χ4n) is 1.05. The SMILES string of the molecule is Brc1ccccc1C1=COC=CO1. The van der Waals surface area contributed by atoms with E-state index in [2.05, 4.69) is 15.9 Å². The van der Waals surface area contributed by atoms with Gasteiger partial charge in [-0.3, -0.25) is 0 Å². The second kappa shape index (κ2) is 3.66. The summed E-state index contributed by atoms with van der Waals surface area (Å²) in [5, 5.41) is 0. The van der Waals surface area contributed by atoms with Crippen molar-refractivity contribution >= 4 is 21.7 Å². The highest BCUT2D eigenvalue weighted by molar-refractivity contribution is 9.10. The Morgan fingerprint density at radius 1 is 1.08 bits per heavy atom. The Kier molecular flexibility index (Phi) is 2.36. The van der Waals surface area contributed by atoms with Crippen LogP contribution in [0.15, 0.2) is 47.5 Å². The minimum Gasteiger partial charge on any atom is -0.465 e. The van der Waals surface area contributed by atoms with Gasteiger partial charge in [0.15, 0.2) is 5.76 Å². The Hall–Kier alpha value is -1.22. The zero-order chi connectivity index (χ0) is 9.10. The Balaban J connectivity index is 2.35. The van der Waals surface area contributed by atoms with Gasteiger partial charge in [-0.2, -0.15) is 0 Å². The monoisotopic (exact) mass is 238 g/mol. The summed E-state index contributed by atoms with van der Waals surface area (Å²) < 4.78 is 11.3. The smallest absolute Gasteiger partial charge is 0.170 e. The molecule has 0 atom stereocenters. The number of hydrogen-bond acceptors (Lipinski definition) is 2. The van der Waals surface area contributed by atoms with Gasteiger partial charge in [-0.05, 0) is 12.1 Å². The first-order chi connectivity index (χ1) is 6.38. The van der Waals surface area contributed by atoms with E-state index in [1.54, 1.807) is 6.26 Å². The number of rotatable bonds is 1. The van der Waals surface area contributed by atoms with E-state index in [0.29, 0.717) is 5.76 Å². The third-order valence-corrected chi connectivity index (χ3v) is 2.34. The van der Waals surface area contributed by atoms with Gasteiger partial charge < -0.3 is 9.47 Å². The lowest BCUT2D eigenvalue weighted by Gasteiger charge is -2.10. The van der Waals surface area contributed by atoms with Crippen molar-refractivity contribution < 1.29 is 9.47 Å². The molecule has 66 valence electrons. The lowest BCUT2D eigenvalue weighted by atomic mass is 10.2. The van der Waals surface area contributed by atoms with Crippen molar-refractivity contribution in [2.24, 2.45) is 0 Å². The van der Waals surface area contributed by atoms with E-state index in [1.807, 2.05) is 24.3 Å². The standard InChI is InChI=1S/C10H7BrO2/c11-9-4-2-1-3-8(9)10-7-12-5-6-13-10/h1-7H. The Labute approximate surface area is 84.6 Å². The normalized spacial score (nSPS) is 14.4. The van der Waals surface area contributed by atoms with Crippen LogP contribution in [-0.2, 0) is 9.47 Å². The maximum absolute atomic E-state index is 5.27. The van der Waals surface area contributed by atoms with Crippen molar-refractivity contribution in [2.75, 3.05) is 0 Å². The van der Waals surface area contributed by atoms with Gasteiger partial charge in [-0.25, -0.2) is 0 Å². The molecular weight excluding hydrogens is 232 g/mol. The average molecular weight is 239 g/mol. The van der Waals surface area contributed by atoms with Crippen LogP contribution in [-0.4, -0.2) is 0 Å². The molecule has 1 aliphatic heterocycles. The van der Waals surface area contributed by atoms with E-state index in [4.69, 9.17) is 9.47 Å². The third-order valence-electron chi connectivity index (χ3n) is 1.64. The molecule has 0 saturated heterocycles. The molecule has 2 nitrogen and oxygen atoms in total. The predicted molar refractivity (Wildman–Crippen MR) is 53.4 cm³/mol. The molecule has 0 spiro atoms. The third kappa shape index (κ3) is 1.75. The molecule has 1 heterocycles. The van der Waals surface area contributed by atoms with Crippen LogP contribution in [0.5, 0.6) is 0 Å². The van der Waals surface area contributed by atoms with Crippen LogP contribution >= 0.6 is 15.9 Å². The van der Waals surface area contributed by atoms with E-state index in [1.165, 1.54) is 12.5 Å². The summed E-state index contributed by atoms with van der Waals surface area (Å²) in [7, 11) is 0. The van der Waals surface area contributed by atoms with Crippen LogP contribution in [0.1, 0.15) is 5.56 Å². The maximum atomic E-state index is 5.27. The van der Waals surface area contributed by atoms with Gasteiger partial charge in [-0.1, -0.05) is 28.1 Å². The van der Waals surface area contributed by atoms with Gasteiger partial charge in [-0.15, -0.1) is 0 Å². The molecule has 0 saturated carbocycles. The minimum atomic E-state index is 0.704. The molecule has 1 aromatic rings. The van der Waals surface area contributed by atoms with Crippen LogP contribution in [0.4, 0.5) is 0 Å². The van der Waals surface area contributed by atoms with Gasteiger partial charge >= 0.3 is 0 Å². The molecule has 13 heavy (non-hydrogen) atoms. The first-order valence-electron chi connectivity index (χ1n) is 3.80. The minimum absolute atomic E-state index is 0.704. The summed E-state index contributed by atoms with van der Waals surface area (Å²) in [6.07, 6.45) is 4.56. The molecule has 1 aromatic carbocycles. The molecule has 0 N–H and O–H groups in total. The summed E-state index contributed by atoms with van der Waals surface area (Å²) in [5.74, 6) is 0.704. The van der Waals surface area contributed by atoms with Gasteiger partial charge in [0.2, 0.25) is 0 Å². The van der Waals surface area contributed by atoms with Gasteiger partial charge in [0, 0.05) is 10.0 Å². The zero-order valence-corrected chi connectivity index (χ0v) is 8.32. The summed E-state index contributed by atoms with van der Waals surface area (Å²) >= 11 is 3.43. The Bertz CT molecular complexity index is 369.